The number of aliphatic hydroxyl groups excluding tert-OH is 1. The van der Waals surface area contributed by atoms with Crippen molar-refractivity contribution in [2.45, 2.75) is 19.4 Å². The minimum Gasteiger partial charge on any atom is -0.507 e. The first-order valence-corrected chi connectivity index (χ1v) is 11.2. The van der Waals surface area contributed by atoms with Crippen LogP contribution in [0.1, 0.15) is 30.5 Å². The zero-order valence-electron chi connectivity index (χ0n) is 20.3. The molecule has 1 atom stereocenters. The Balaban J connectivity index is 2.15. The van der Waals surface area contributed by atoms with Crippen LogP contribution in [0.4, 0.5) is 0 Å². The molecular formula is C26H32N2O6. The second-order valence-corrected chi connectivity index (χ2v) is 8.21. The number of likely N-dealkylation sites (tertiary alicyclic amines) is 1. The fraction of sp³-hybridized carbons (Fsp3) is 0.385. The third-order valence-corrected chi connectivity index (χ3v) is 5.71. The molecule has 0 radical (unpaired) electrons. The van der Waals surface area contributed by atoms with E-state index in [-0.39, 0.29) is 11.3 Å². The first-order valence-electron chi connectivity index (χ1n) is 11.2. The Morgan fingerprint density at radius 1 is 1.03 bits per heavy atom. The molecule has 1 heterocycles. The smallest absolute Gasteiger partial charge is 0.295 e. The van der Waals surface area contributed by atoms with Gasteiger partial charge in [0.2, 0.25) is 0 Å². The van der Waals surface area contributed by atoms with Crippen LogP contribution in [0.15, 0.2) is 48.0 Å². The summed E-state index contributed by atoms with van der Waals surface area (Å²) in [6.07, 6.45) is 0.659. The minimum atomic E-state index is -0.821. The average molecular weight is 469 g/mol. The number of ether oxygens (including phenoxy) is 3. The number of aliphatic hydroxyl groups is 1. The van der Waals surface area contributed by atoms with Crippen molar-refractivity contribution in [2.24, 2.45) is 0 Å². The van der Waals surface area contributed by atoms with Crippen LogP contribution in [0.2, 0.25) is 0 Å². The summed E-state index contributed by atoms with van der Waals surface area (Å²) in [5, 5.41) is 11.2. The van der Waals surface area contributed by atoms with Crippen molar-refractivity contribution in [1.29, 1.82) is 0 Å². The fourth-order valence-corrected chi connectivity index (χ4v) is 4.08. The Bertz CT molecular complexity index is 1060. The Morgan fingerprint density at radius 2 is 1.71 bits per heavy atom. The molecule has 3 rings (SSSR count). The lowest BCUT2D eigenvalue weighted by molar-refractivity contribution is -0.140. The number of carbonyl (C=O) groups is 2. The molecule has 2 aromatic rings. The Kier molecular flexibility index (Phi) is 8.17. The van der Waals surface area contributed by atoms with E-state index in [1.54, 1.807) is 49.6 Å². The van der Waals surface area contributed by atoms with Gasteiger partial charge in [-0.05, 0) is 76.4 Å². The zero-order valence-corrected chi connectivity index (χ0v) is 20.3. The largest absolute Gasteiger partial charge is 0.507 e. The van der Waals surface area contributed by atoms with Gasteiger partial charge in [-0.15, -0.1) is 0 Å². The summed E-state index contributed by atoms with van der Waals surface area (Å²) in [6.45, 7) is 3.48. The number of hydrogen-bond donors (Lipinski definition) is 1. The van der Waals surface area contributed by atoms with E-state index in [0.717, 1.165) is 6.54 Å². The highest BCUT2D eigenvalue weighted by Gasteiger charge is 2.47. The van der Waals surface area contributed by atoms with E-state index in [4.69, 9.17) is 14.2 Å². The molecule has 8 nitrogen and oxygen atoms in total. The van der Waals surface area contributed by atoms with Gasteiger partial charge >= 0.3 is 0 Å². The van der Waals surface area contributed by atoms with Crippen molar-refractivity contribution < 1.29 is 28.9 Å². The van der Waals surface area contributed by atoms with Crippen LogP contribution in [0.3, 0.4) is 0 Å². The second kappa shape index (κ2) is 11.1. The van der Waals surface area contributed by atoms with Crippen molar-refractivity contribution in [2.75, 3.05) is 48.0 Å². The molecule has 1 fully saturated rings. The lowest BCUT2D eigenvalue weighted by Crippen LogP contribution is -2.32. The summed E-state index contributed by atoms with van der Waals surface area (Å²) in [7, 11) is 6.96. The molecule has 0 aliphatic carbocycles. The predicted octanol–water partition coefficient (Wildman–Crippen LogP) is 3.48. The molecule has 1 unspecified atom stereocenters. The van der Waals surface area contributed by atoms with Crippen LogP contribution in [0.25, 0.3) is 5.76 Å². The number of nitrogens with zero attached hydrogens (tertiary/aromatic N) is 2. The van der Waals surface area contributed by atoms with Crippen molar-refractivity contribution in [3.8, 4) is 17.2 Å². The highest BCUT2D eigenvalue weighted by Crippen LogP contribution is 2.44. The number of rotatable bonds is 10. The number of methoxy groups -OCH3 is 2. The summed E-state index contributed by atoms with van der Waals surface area (Å²) in [4.78, 5) is 29.9. The maximum atomic E-state index is 13.2. The van der Waals surface area contributed by atoms with Gasteiger partial charge in [-0.2, -0.15) is 0 Å². The lowest BCUT2D eigenvalue weighted by atomic mass is 9.94. The topological polar surface area (TPSA) is 88.5 Å². The summed E-state index contributed by atoms with van der Waals surface area (Å²) in [6, 6.07) is 11.1. The van der Waals surface area contributed by atoms with Crippen LogP contribution in [0.5, 0.6) is 17.2 Å². The molecule has 34 heavy (non-hydrogen) atoms. The molecule has 0 aromatic heterocycles. The molecule has 1 aliphatic rings. The maximum Gasteiger partial charge on any atom is 0.295 e. The molecule has 1 aliphatic heterocycles. The predicted molar refractivity (Wildman–Crippen MR) is 129 cm³/mol. The molecule has 1 amide bonds. The number of Topliss-reactive ketones (excluding diaryl/α,β-unsaturated/α-hetero) is 1. The van der Waals surface area contributed by atoms with Crippen LogP contribution in [0, 0.1) is 0 Å². The number of hydrogen-bond acceptors (Lipinski definition) is 7. The number of benzene rings is 2. The van der Waals surface area contributed by atoms with Crippen molar-refractivity contribution in [1.82, 2.24) is 9.80 Å². The molecule has 1 saturated heterocycles. The maximum absolute atomic E-state index is 13.2. The van der Waals surface area contributed by atoms with E-state index in [9.17, 15) is 14.7 Å². The van der Waals surface area contributed by atoms with Gasteiger partial charge in [-0.25, -0.2) is 0 Å². The van der Waals surface area contributed by atoms with E-state index in [2.05, 4.69) is 0 Å². The second-order valence-electron chi connectivity index (χ2n) is 8.21. The molecule has 0 bridgehead atoms. The summed E-state index contributed by atoms with van der Waals surface area (Å²) < 4.78 is 16.4. The molecule has 0 spiro atoms. The third kappa shape index (κ3) is 5.17. The van der Waals surface area contributed by atoms with Crippen LogP contribution < -0.4 is 14.2 Å². The lowest BCUT2D eigenvalue weighted by Gasteiger charge is -2.27. The van der Waals surface area contributed by atoms with Crippen molar-refractivity contribution in [3.05, 3.63) is 59.2 Å². The van der Waals surface area contributed by atoms with E-state index in [1.807, 2.05) is 25.9 Å². The van der Waals surface area contributed by atoms with E-state index in [0.29, 0.717) is 47.9 Å². The summed E-state index contributed by atoms with van der Waals surface area (Å²) in [5.74, 6) is 0.0615. The average Bonchev–Trinajstić information content (AvgIpc) is 3.08. The number of carbonyl (C=O) groups excluding carboxylic acids is 2. The molecule has 8 heteroatoms. The van der Waals surface area contributed by atoms with Crippen molar-refractivity contribution >= 4 is 17.4 Å². The summed E-state index contributed by atoms with van der Waals surface area (Å²) in [5.41, 5.74) is 1.01. The van der Waals surface area contributed by atoms with E-state index < -0.39 is 17.7 Å². The van der Waals surface area contributed by atoms with Gasteiger partial charge in [0.05, 0.1) is 32.4 Å². The standard InChI is InChI=1S/C26H32N2O6/c1-6-34-18-10-8-17(9-11-18)24(29)22-23(20-16-19(32-4)12-13-21(20)33-5)28(26(31)25(22)30)15-7-14-27(2)3/h8-13,16,23,29H,6-7,14-15H2,1-5H3/b24-22+. The fourth-order valence-electron chi connectivity index (χ4n) is 4.08. The van der Waals surface area contributed by atoms with Gasteiger partial charge < -0.3 is 29.1 Å². The minimum absolute atomic E-state index is 0.0190. The van der Waals surface area contributed by atoms with Gasteiger partial charge in [0, 0.05) is 17.7 Å². The number of amides is 1. The van der Waals surface area contributed by atoms with E-state index >= 15 is 0 Å². The first-order chi connectivity index (χ1) is 16.3. The summed E-state index contributed by atoms with van der Waals surface area (Å²) >= 11 is 0. The van der Waals surface area contributed by atoms with Gasteiger partial charge in [-0.3, -0.25) is 9.59 Å². The van der Waals surface area contributed by atoms with Crippen molar-refractivity contribution in [3.63, 3.8) is 0 Å². The first kappa shape index (κ1) is 25.1. The molecule has 2 aromatic carbocycles. The van der Waals surface area contributed by atoms with Crippen LogP contribution in [-0.2, 0) is 9.59 Å². The highest BCUT2D eigenvalue weighted by atomic mass is 16.5. The monoisotopic (exact) mass is 468 g/mol. The van der Waals surface area contributed by atoms with Gasteiger partial charge in [0.25, 0.3) is 11.7 Å². The Labute approximate surface area is 200 Å². The molecular weight excluding hydrogens is 436 g/mol. The van der Waals surface area contributed by atoms with Crippen LogP contribution >= 0.6 is 0 Å². The van der Waals surface area contributed by atoms with Gasteiger partial charge in [0.15, 0.2) is 0 Å². The third-order valence-electron chi connectivity index (χ3n) is 5.71. The SMILES string of the molecule is CCOc1ccc(/C(O)=C2\C(=O)C(=O)N(CCCN(C)C)C2c2cc(OC)ccc2OC)cc1. The van der Waals surface area contributed by atoms with E-state index in [1.165, 1.54) is 12.0 Å². The number of ketones is 1. The highest BCUT2D eigenvalue weighted by molar-refractivity contribution is 6.46. The van der Waals surface area contributed by atoms with Crippen LogP contribution in [-0.4, -0.2) is 74.6 Å². The quantitative estimate of drug-likeness (QED) is 0.324. The Morgan fingerprint density at radius 3 is 2.29 bits per heavy atom. The van der Waals surface area contributed by atoms with Gasteiger partial charge in [-0.1, -0.05) is 0 Å². The molecule has 0 saturated carbocycles. The normalized spacial score (nSPS) is 17.4. The molecule has 1 N–H and O–H groups in total. The zero-order chi connectivity index (χ0) is 24.8. The Hall–Kier alpha value is -3.52. The van der Waals surface area contributed by atoms with Gasteiger partial charge in [0.1, 0.15) is 23.0 Å². The molecule has 182 valence electrons.